The van der Waals surface area contributed by atoms with Gasteiger partial charge in [0.05, 0.1) is 0 Å². The molecule has 14 heavy (non-hydrogen) atoms. The van der Waals surface area contributed by atoms with Gasteiger partial charge in [0, 0.05) is 10.6 Å². The quantitative estimate of drug-likeness (QED) is 0.603. The molecule has 76 valence electrons. The van der Waals surface area contributed by atoms with Crippen molar-refractivity contribution in [2.45, 2.75) is 10.2 Å². The number of thioether (sulfide) groups is 1. The second kappa shape index (κ2) is 3.83. The van der Waals surface area contributed by atoms with Crippen LogP contribution in [0, 0.1) is 0 Å². The first-order chi connectivity index (χ1) is 6.43. The largest absolute Gasteiger partial charge is 0.476 e. The molecule has 0 amide bonds. The zero-order valence-corrected chi connectivity index (χ0v) is 7.72. The molecule has 0 fully saturated rings. The lowest BCUT2D eigenvalue weighted by Gasteiger charge is -2.11. The lowest BCUT2D eigenvalue weighted by Crippen LogP contribution is -2.23. The molecule has 1 rings (SSSR count). The summed E-state index contributed by atoms with van der Waals surface area (Å²) in [6.07, 6.45) is 0. The number of nitrogen functional groups attached to an aromatic ring is 1. The second-order valence-corrected chi connectivity index (χ2v) is 3.62. The summed E-state index contributed by atoms with van der Waals surface area (Å²) >= 11 is -0.0773. The van der Waals surface area contributed by atoms with E-state index in [0.29, 0.717) is 0 Å². The van der Waals surface area contributed by atoms with Crippen molar-refractivity contribution in [3.05, 3.63) is 24.3 Å². The van der Waals surface area contributed by atoms with Gasteiger partial charge < -0.3 is 10.8 Å². The summed E-state index contributed by atoms with van der Waals surface area (Å²) < 4.78 is 25.4. The summed E-state index contributed by atoms with van der Waals surface area (Å²) in [5.74, 6) is -2.18. The minimum Gasteiger partial charge on any atom is -0.476 e. The molecule has 0 spiro atoms. The number of para-hydroxylation sites is 1. The van der Waals surface area contributed by atoms with Gasteiger partial charge in [0.1, 0.15) is 0 Å². The maximum atomic E-state index is 12.7. The molecule has 0 heterocycles. The van der Waals surface area contributed by atoms with Crippen molar-refractivity contribution in [3.8, 4) is 0 Å². The molecule has 0 aliphatic rings. The second-order valence-electron chi connectivity index (χ2n) is 2.46. The predicted octanol–water partition coefficient (Wildman–Crippen LogP) is 2.04. The van der Waals surface area contributed by atoms with E-state index in [-0.39, 0.29) is 22.3 Å². The van der Waals surface area contributed by atoms with Gasteiger partial charge in [-0.25, -0.2) is 4.79 Å². The topological polar surface area (TPSA) is 63.3 Å². The summed E-state index contributed by atoms with van der Waals surface area (Å²) in [5, 5.41) is 4.33. The third-order valence-corrected chi connectivity index (χ3v) is 2.43. The normalized spacial score (nSPS) is 11.3. The molecule has 1 aromatic rings. The smallest absolute Gasteiger partial charge is 0.393 e. The first kappa shape index (κ1) is 10.8. The van der Waals surface area contributed by atoms with Gasteiger partial charge in [0.2, 0.25) is 0 Å². The summed E-state index contributed by atoms with van der Waals surface area (Å²) in [7, 11) is 0. The van der Waals surface area contributed by atoms with Crippen molar-refractivity contribution in [3.63, 3.8) is 0 Å². The molecule has 0 saturated heterocycles. The number of carboxylic acid groups (broad SMARTS) is 1. The maximum Gasteiger partial charge on any atom is 0.393 e. The van der Waals surface area contributed by atoms with Crippen LogP contribution in [0.2, 0.25) is 0 Å². The van der Waals surface area contributed by atoms with E-state index in [1.165, 1.54) is 18.2 Å². The number of nitrogens with two attached hydrogens (primary N) is 1. The number of halogens is 2. The molecule has 1 aromatic carbocycles. The Labute approximate surface area is 82.9 Å². The molecule has 0 radical (unpaired) electrons. The standard InChI is InChI=1S/C8H7F2NO2S/c9-8(10,7(12)13)14-6-4-2-1-3-5(6)11/h1-4H,11H2,(H,12,13). The van der Waals surface area contributed by atoms with Gasteiger partial charge in [-0.05, 0) is 23.9 Å². The molecular weight excluding hydrogens is 212 g/mol. The first-order valence-corrected chi connectivity index (χ1v) is 4.40. The van der Waals surface area contributed by atoms with E-state index in [9.17, 15) is 13.6 Å². The van der Waals surface area contributed by atoms with Gasteiger partial charge in [-0.2, -0.15) is 8.78 Å². The van der Waals surface area contributed by atoms with Gasteiger partial charge in [-0.15, -0.1) is 0 Å². The molecule has 0 aliphatic heterocycles. The molecule has 0 aromatic heterocycles. The lowest BCUT2D eigenvalue weighted by atomic mass is 10.3. The van der Waals surface area contributed by atoms with Crippen LogP contribution < -0.4 is 5.73 Å². The van der Waals surface area contributed by atoms with E-state index >= 15 is 0 Å². The fourth-order valence-electron chi connectivity index (χ4n) is 0.755. The van der Waals surface area contributed by atoms with Crippen LogP contribution in [0.1, 0.15) is 0 Å². The fourth-order valence-corrected chi connectivity index (χ4v) is 1.45. The van der Waals surface area contributed by atoms with Gasteiger partial charge in [-0.3, -0.25) is 0 Å². The van der Waals surface area contributed by atoms with E-state index in [2.05, 4.69) is 0 Å². The van der Waals surface area contributed by atoms with E-state index in [1.807, 2.05) is 0 Å². The number of alkyl halides is 2. The average molecular weight is 219 g/mol. The molecule has 3 N–H and O–H groups in total. The number of hydrogen-bond acceptors (Lipinski definition) is 3. The molecule has 0 bridgehead atoms. The number of benzene rings is 1. The SMILES string of the molecule is Nc1ccccc1SC(F)(F)C(=O)O. The lowest BCUT2D eigenvalue weighted by molar-refractivity contribution is -0.152. The van der Waals surface area contributed by atoms with Gasteiger partial charge in [0.25, 0.3) is 0 Å². The number of anilines is 1. The molecule has 0 saturated carbocycles. The van der Waals surface area contributed by atoms with Gasteiger partial charge in [-0.1, -0.05) is 12.1 Å². The van der Waals surface area contributed by atoms with E-state index in [4.69, 9.17) is 10.8 Å². The molecule has 0 atom stereocenters. The number of rotatable bonds is 3. The van der Waals surface area contributed by atoms with Crippen LogP contribution in [0.4, 0.5) is 14.5 Å². The third-order valence-electron chi connectivity index (χ3n) is 1.41. The highest BCUT2D eigenvalue weighted by Gasteiger charge is 2.40. The zero-order chi connectivity index (χ0) is 10.8. The Kier molecular flexibility index (Phi) is 2.95. The number of carbonyl (C=O) groups is 1. The molecule has 6 heteroatoms. The number of aliphatic carboxylic acids is 1. The minimum absolute atomic E-state index is 0.0555. The van der Waals surface area contributed by atoms with Crippen LogP contribution in [0.25, 0.3) is 0 Å². The monoisotopic (exact) mass is 219 g/mol. The van der Waals surface area contributed by atoms with E-state index < -0.39 is 11.2 Å². The number of hydrogen-bond donors (Lipinski definition) is 2. The Balaban J connectivity index is 2.89. The molecule has 0 aliphatic carbocycles. The Morgan fingerprint density at radius 1 is 1.43 bits per heavy atom. The van der Waals surface area contributed by atoms with Crippen molar-refractivity contribution in [2.24, 2.45) is 0 Å². The van der Waals surface area contributed by atoms with Crippen molar-refractivity contribution < 1.29 is 18.7 Å². The van der Waals surface area contributed by atoms with E-state index in [0.717, 1.165) is 0 Å². The summed E-state index contributed by atoms with van der Waals surface area (Å²) in [6.45, 7) is 0. The Hall–Kier alpha value is -1.30. The summed E-state index contributed by atoms with van der Waals surface area (Å²) in [5.41, 5.74) is 5.52. The first-order valence-electron chi connectivity index (χ1n) is 3.58. The average Bonchev–Trinajstić information content (AvgIpc) is 2.08. The summed E-state index contributed by atoms with van der Waals surface area (Å²) in [6, 6.07) is 5.87. The van der Waals surface area contributed by atoms with Crippen molar-refractivity contribution in [2.75, 3.05) is 5.73 Å². The predicted molar refractivity (Wildman–Crippen MR) is 49.3 cm³/mol. The van der Waals surface area contributed by atoms with Crippen LogP contribution in [0.5, 0.6) is 0 Å². The molecule has 0 unspecified atom stereocenters. The summed E-state index contributed by atoms with van der Waals surface area (Å²) in [4.78, 5) is 10.2. The highest BCUT2D eigenvalue weighted by Crippen LogP contribution is 2.38. The van der Waals surface area contributed by atoms with Crippen LogP contribution in [-0.2, 0) is 4.79 Å². The van der Waals surface area contributed by atoms with Crippen molar-refractivity contribution in [1.29, 1.82) is 0 Å². The van der Waals surface area contributed by atoms with Crippen molar-refractivity contribution >= 4 is 23.4 Å². The Morgan fingerprint density at radius 2 is 2.00 bits per heavy atom. The third kappa shape index (κ3) is 2.35. The highest BCUT2D eigenvalue weighted by molar-refractivity contribution is 8.01. The minimum atomic E-state index is -3.85. The Bertz CT molecular complexity index is 357. The van der Waals surface area contributed by atoms with Crippen LogP contribution in [0.3, 0.4) is 0 Å². The van der Waals surface area contributed by atoms with Crippen LogP contribution >= 0.6 is 11.8 Å². The van der Waals surface area contributed by atoms with Crippen LogP contribution in [-0.4, -0.2) is 16.3 Å². The van der Waals surface area contributed by atoms with E-state index in [1.54, 1.807) is 6.07 Å². The maximum absolute atomic E-state index is 12.7. The fraction of sp³-hybridized carbons (Fsp3) is 0.125. The highest BCUT2D eigenvalue weighted by atomic mass is 32.2. The van der Waals surface area contributed by atoms with Gasteiger partial charge >= 0.3 is 11.2 Å². The van der Waals surface area contributed by atoms with Gasteiger partial charge in [0.15, 0.2) is 0 Å². The van der Waals surface area contributed by atoms with Crippen molar-refractivity contribution in [1.82, 2.24) is 0 Å². The Morgan fingerprint density at radius 3 is 2.50 bits per heavy atom. The number of carboxylic acids is 1. The molecular formula is C8H7F2NO2S. The van der Waals surface area contributed by atoms with Crippen LogP contribution in [0.15, 0.2) is 29.2 Å². The zero-order valence-electron chi connectivity index (χ0n) is 6.91. The molecule has 3 nitrogen and oxygen atoms in total.